The molecule has 0 aliphatic rings. The van der Waals surface area contributed by atoms with Crippen LogP contribution < -0.4 is 10.9 Å². The fraction of sp³-hybridized carbons (Fsp3) is 0.667. The van der Waals surface area contributed by atoms with E-state index in [0.29, 0.717) is 23.6 Å². The number of rotatable bonds is 5. The fourth-order valence-corrected chi connectivity index (χ4v) is 2.43. The summed E-state index contributed by atoms with van der Waals surface area (Å²) in [7, 11) is 1.51. The molecule has 6 heteroatoms. The summed E-state index contributed by atoms with van der Waals surface area (Å²) < 4.78 is 1.16. The summed E-state index contributed by atoms with van der Waals surface area (Å²) in [6.07, 6.45) is 0.569. The lowest BCUT2D eigenvalue weighted by atomic mass is 9.94. The van der Waals surface area contributed by atoms with Crippen LogP contribution in [0.1, 0.15) is 48.8 Å². The van der Waals surface area contributed by atoms with E-state index in [2.05, 4.69) is 10.4 Å². The molecule has 0 aliphatic heterocycles. The smallest absolute Gasteiger partial charge is 0.279 e. The number of hydrogen-bond acceptors (Lipinski definition) is 4. The quantitative estimate of drug-likeness (QED) is 0.846. The molecular weight excluding hydrogens is 270 g/mol. The van der Waals surface area contributed by atoms with Gasteiger partial charge < -0.3 is 10.4 Å². The normalized spacial score (nSPS) is 14.1. The first-order chi connectivity index (χ1) is 9.55. The van der Waals surface area contributed by atoms with Crippen LogP contribution in [0, 0.1) is 19.8 Å². The lowest BCUT2D eigenvalue weighted by Gasteiger charge is -2.25. The summed E-state index contributed by atoms with van der Waals surface area (Å²) in [4.78, 5) is 24.3. The van der Waals surface area contributed by atoms with Gasteiger partial charge in [0.05, 0.1) is 11.3 Å². The molecule has 6 nitrogen and oxygen atoms in total. The minimum Gasteiger partial charge on any atom is -0.388 e. The Morgan fingerprint density at radius 3 is 2.52 bits per heavy atom. The van der Waals surface area contributed by atoms with Gasteiger partial charge in [-0.3, -0.25) is 9.59 Å². The van der Waals surface area contributed by atoms with Gasteiger partial charge in [0.2, 0.25) is 0 Å². The summed E-state index contributed by atoms with van der Waals surface area (Å²) in [6.45, 7) is 9.24. The first-order valence-electron chi connectivity index (χ1n) is 7.10. The van der Waals surface area contributed by atoms with Gasteiger partial charge in [-0.2, -0.15) is 5.10 Å². The summed E-state index contributed by atoms with van der Waals surface area (Å²) >= 11 is 0. The Balaban J connectivity index is 2.94. The molecule has 0 aromatic carbocycles. The molecule has 0 bridgehead atoms. The number of carbonyl (C=O) groups excluding carboxylic acids is 1. The Hall–Kier alpha value is -1.69. The van der Waals surface area contributed by atoms with Gasteiger partial charge in [0.25, 0.3) is 11.5 Å². The highest BCUT2D eigenvalue weighted by molar-refractivity contribution is 5.95. The van der Waals surface area contributed by atoms with Crippen LogP contribution in [0.4, 0.5) is 0 Å². The van der Waals surface area contributed by atoms with Crippen LogP contribution in [0.25, 0.3) is 0 Å². The number of aromatic nitrogens is 2. The molecule has 21 heavy (non-hydrogen) atoms. The molecule has 0 fully saturated rings. The van der Waals surface area contributed by atoms with Crippen molar-refractivity contribution in [2.45, 2.75) is 46.6 Å². The molecule has 0 aliphatic carbocycles. The number of nitrogens with zero attached hydrogens (tertiary/aromatic N) is 2. The highest BCUT2D eigenvalue weighted by Crippen LogP contribution is 2.15. The van der Waals surface area contributed by atoms with Crippen molar-refractivity contribution in [3.05, 3.63) is 27.2 Å². The van der Waals surface area contributed by atoms with E-state index in [1.165, 1.54) is 7.05 Å². The third-order valence-corrected chi connectivity index (χ3v) is 3.43. The second-order valence-electron chi connectivity index (χ2n) is 6.29. The average Bonchev–Trinajstić information content (AvgIpc) is 2.33. The van der Waals surface area contributed by atoms with E-state index in [0.717, 1.165) is 4.68 Å². The third kappa shape index (κ3) is 4.39. The van der Waals surface area contributed by atoms with Gasteiger partial charge >= 0.3 is 0 Å². The van der Waals surface area contributed by atoms with Gasteiger partial charge in [-0.1, -0.05) is 13.8 Å². The summed E-state index contributed by atoms with van der Waals surface area (Å²) in [5.74, 6) is -0.155. The van der Waals surface area contributed by atoms with Crippen molar-refractivity contribution in [1.29, 1.82) is 0 Å². The second-order valence-corrected chi connectivity index (χ2v) is 6.29. The maximum atomic E-state index is 12.3. The zero-order valence-electron chi connectivity index (χ0n) is 13.6. The molecule has 0 spiro atoms. The van der Waals surface area contributed by atoms with E-state index in [9.17, 15) is 14.7 Å². The number of carbonyl (C=O) groups is 1. The largest absolute Gasteiger partial charge is 0.388 e. The van der Waals surface area contributed by atoms with Crippen LogP contribution in [-0.4, -0.2) is 32.9 Å². The predicted molar refractivity (Wildman–Crippen MR) is 81.4 cm³/mol. The van der Waals surface area contributed by atoms with Crippen LogP contribution in [-0.2, 0) is 7.05 Å². The molecule has 0 radical (unpaired) electrons. The first kappa shape index (κ1) is 17.4. The Labute approximate surface area is 125 Å². The molecule has 0 saturated carbocycles. The summed E-state index contributed by atoms with van der Waals surface area (Å²) in [5.41, 5.74) is -0.134. The molecule has 1 atom stereocenters. The van der Waals surface area contributed by atoms with Crippen LogP contribution in [0.3, 0.4) is 0 Å². The van der Waals surface area contributed by atoms with Crippen molar-refractivity contribution in [2.24, 2.45) is 13.0 Å². The van der Waals surface area contributed by atoms with Crippen molar-refractivity contribution in [3.8, 4) is 0 Å². The lowest BCUT2D eigenvalue weighted by molar-refractivity contribution is 0.0368. The molecule has 0 saturated heterocycles. The molecule has 1 heterocycles. The molecule has 1 amide bonds. The van der Waals surface area contributed by atoms with E-state index in [4.69, 9.17) is 0 Å². The second kappa shape index (κ2) is 6.39. The maximum absolute atomic E-state index is 12.3. The van der Waals surface area contributed by atoms with Crippen LogP contribution >= 0.6 is 0 Å². The maximum Gasteiger partial charge on any atom is 0.279 e. The minimum absolute atomic E-state index is 0.0883. The van der Waals surface area contributed by atoms with Crippen molar-refractivity contribution in [2.75, 3.05) is 6.54 Å². The average molecular weight is 295 g/mol. The summed E-state index contributed by atoms with van der Waals surface area (Å²) in [5, 5.41) is 16.9. The zero-order valence-corrected chi connectivity index (χ0v) is 13.6. The molecule has 1 unspecified atom stereocenters. The number of nitrogens with one attached hydrogen (secondary N) is 1. The van der Waals surface area contributed by atoms with Crippen molar-refractivity contribution in [3.63, 3.8) is 0 Å². The van der Waals surface area contributed by atoms with Crippen molar-refractivity contribution < 1.29 is 9.90 Å². The van der Waals surface area contributed by atoms with E-state index < -0.39 is 17.1 Å². The van der Waals surface area contributed by atoms with Gasteiger partial charge in [0.1, 0.15) is 5.56 Å². The number of aryl methyl sites for hydroxylation is 2. The van der Waals surface area contributed by atoms with Crippen LogP contribution in [0.15, 0.2) is 4.79 Å². The van der Waals surface area contributed by atoms with Gasteiger partial charge in [0, 0.05) is 13.6 Å². The van der Waals surface area contributed by atoms with Gasteiger partial charge in [-0.15, -0.1) is 0 Å². The Kier molecular flexibility index (Phi) is 5.28. The van der Waals surface area contributed by atoms with Gasteiger partial charge in [0.15, 0.2) is 0 Å². The topological polar surface area (TPSA) is 84.2 Å². The molecule has 2 N–H and O–H groups in total. The van der Waals surface area contributed by atoms with E-state index in [1.807, 2.05) is 13.8 Å². The standard InChI is InChI=1S/C15H25N3O3/c1-9(2)7-15(5,21)8-16-13(19)12-10(3)11(4)17-18(6)14(12)20/h9,21H,7-8H2,1-6H3,(H,16,19). The van der Waals surface area contributed by atoms with E-state index >= 15 is 0 Å². The first-order valence-corrected chi connectivity index (χ1v) is 7.10. The Morgan fingerprint density at radius 2 is 2.00 bits per heavy atom. The van der Waals surface area contributed by atoms with Gasteiger partial charge in [-0.05, 0) is 38.7 Å². The van der Waals surface area contributed by atoms with Crippen molar-refractivity contribution >= 4 is 5.91 Å². The SMILES string of the molecule is Cc1nn(C)c(=O)c(C(=O)NCC(C)(O)CC(C)C)c1C. The fourth-order valence-electron chi connectivity index (χ4n) is 2.43. The molecule has 1 aromatic rings. The predicted octanol–water partition coefficient (Wildman–Crippen LogP) is 0.924. The summed E-state index contributed by atoms with van der Waals surface area (Å²) in [6, 6.07) is 0. The van der Waals surface area contributed by atoms with Crippen LogP contribution in [0.2, 0.25) is 0 Å². The highest BCUT2D eigenvalue weighted by atomic mass is 16.3. The lowest BCUT2D eigenvalue weighted by Crippen LogP contribution is -2.43. The highest BCUT2D eigenvalue weighted by Gasteiger charge is 2.24. The Bertz CT molecular complexity index is 589. The molecular formula is C15H25N3O3. The zero-order chi connectivity index (χ0) is 16.4. The van der Waals surface area contributed by atoms with Crippen LogP contribution in [0.5, 0.6) is 0 Å². The molecule has 1 rings (SSSR count). The van der Waals surface area contributed by atoms with Gasteiger partial charge in [-0.25, -0.2) is 4.68 Å². The van der Waals surface area contributed by atoms with Crippen molar-refractivity contribution in [1.82, 2.24) is 15.1 Å². The van der Waals surface area contributed by atoms with E-state index in [1.54, 1.807) is 20.8 Å². The number of hydrogen-bond donors (Lipinski definition) is 2. The molecule has 1 aromatic heterocycles. The van der Waals surface area contributed by atoms with E-state index in [-0.39, 0.29) is 12.1 Å². The third-order valence-electron chi connectivity index (χ3n) is 3.43. The number of amides is 1. The Morgan fingerprint density at radius 1 is 1.43 bits per heavy atom. The monoisotopic (exact) mass is 295 g/mol. The molecule has 118 valence electrons. The number of aliphatic hydroxyl groups is 1. The minimum atomic E-state index is -0.995.